The van der Waals surface area contributed by atoms with Crippen LogP contribution in [-0.2, 0) is 6.42 Å². The Morgan fingerprint density at radius 1 is 1.00 bits per heavy atom. The molecule has 0 amide bonds. The van der Waals surface area contributed by atoms with Crippen molar-refractivity contribution in [1.82, 2.24) is 24.3 Å². The van der Waals surface area contributed by atoms with E-state index in [9.17, 15) is 0 Å². The van der Waals surface area contributed by atoms with Gasteiger partial charge >= 0.3 is 0 Å². The summed E-state index contributed by atoms with van der Waals surface area (Å²) in [5, 5.41) is 1.09. The summed E-state index contributed by atoms with van der Waals surface area (Å²) in [7, 11) is 0. The van der Waals surface area contributed by atoms with Crippen LogP contribution in [0, 0.1) is 6.92 Å². The summed E-state index contributed by atoms with van der Waals surface area (Å²) < 4.78 is 2.16. The topological polar surface area (TPSA) is 56.0 Å². The van der Waals surface area contributed by atoms with Gasteiger partial charge in [0.1, 0.15) is 17.3 Å². The molecule has 0 spiro atoms. The number of fused-ring (bicyclic) bond motifs is 3. The maximum atomic E-state index is 4.62. The lowest BCUT2D eigenvalue weighted by atomic mass is 10.1. The lowest BCUT2D eigenvalue weighted by Gasteiger charge is -2.05. The Morgan fingerprint density at radius 3 is 2.70 bits per heavy atom. The zero-order valence-corrected chi connectivity index (χ0v) is 13.2. The lowest BCUT2D eigenvalue weighted by molar-refractivity contribution is 0.818. The molecular formula is C18H17N5. The molecule has 4 heterocycles. The van der Waals surface area contributed by atoms with Gasteiger partial charge < -0.3 is 0 Å². The Bertz CT molecular complexity index is 1000. The zero-order valence-electron chi connectivity index (χ0n) is 13.2. The summed E-state index contributed by atoms with van der Waals surface area (Å²) >= 11 is 0. The fourth-order valence-electron chi connectivity index (χ4n) is 3.07. The van der Waals surface area contributed by atoms with Crippen molar-refractivity contribution in [1.29, 1.82) is 0 Å². The van der Waals surface area contributed by atoms with Gasteiger partial charge in [0.15, 0.2) is 0 Å². The van der Waals surface area contributed by atoms with E-state index in [0.717, 1.165) is 52.3 Å². The molecule has 0 aliphatic heterocycles. The second kappa shape index (κ2) is 5.43. The highest BCUT2D eigenvalue weighted by Gasteiger charge is 2.17. The third-order valence-corrected chi connectivity index (χ3v) is 3.98. The van der Waals surface area contributed by atoms with Crippen LogP contribution >= 0.6 is 0 Å². The van der Waals surface area contributed by atoms with Crippen molar-refractivity contribution in [3.05, 3.63) is 54.5 Å². The van der Waals surface area contributed by atoms with Crippen LogP contribution in [0.3, 0.4) is 0 Å². The molecule has 0 saturated heterocycles. The molecule has 0 unspecified atom stereocenters. The molecule has 4 aromatic heterocycles. The standard InChI is InChI=1S/C18H17N5/c1-3-5-16-20-11-8-15-17(14-7-10-19-12(2)22-14)13-6-4-9-21-18(13)23(15)16/h4,6-11H,3,5H2,1-2H3. The summed E-state index contributed by atoms with van der Waals surface area (Å²) in [6.07, 6.45) is 7.46. The Balaban J connectivity index is 2.16. The molecule has 0 radical (unpaired) electrons. The van der Waals surface area contributed by atoms with Gasteiger partial charge in [-0.3, -0.25) is 4.40 Å². The molecular weight excluding hydrogens is 286 g/mol. The predicted octanol–water partition coefficient (Wildman–Crippen LogP) is 3.60. The van der Waals surface area contributed by atoms with E-state index < -0.39 is 0 Å². The highest BCUT2D eigenvalue weighted by molar-refractivity contribution is 6.03. The van der Waals surface area contributed by atoms with Gasteiger partial charge in [-0.25, -0.2) is 19.9 Å². The van der Waals surface area contributed by atoms with Crippen molar-refractivity contribution in [2.75, 3.05) is 0 Å². The Hall–Kier alpha value is -2.82. The van der Waals surface area contributed by atoms with Crippen molar-refractivity contribution in [2.45, 2.75) is 26.7 Å². The van der Waals surface area contributed by atoms with Gasteiger partial charge in [0, 0.05) is 36.0 Å². The van der Waals surface area contributed by atoms with Crippen molar-refractivity contribution in [2.24, 2.45) is 0 Å². The summed E-state index contributed by atoms with van der Waals surface area (Å²) in [4.78, 5) is 18.0. The van der Waals surface area contributed by atoms with Gasteiger partial charge in [0.2, 0.25) is 0 Å². The minimum absolute atomic E-state index is 0.765. The van der Waals surface area contributed by atoms with Gasteiger partial charge in [0.25, 0.3) is 0 Å². The zero-order chi connectivity index (χ0) is 15.8. The number of aromatic nitrogens is 5. The molecule has 0 N–H and O–H groups in total. The van der Waals surface area contributed by atoms with Gasteiger partial charge in [-0.2, -0.15) is 0 Å². The van der Waals surface area contributed by atoms with Gasteiger partial charge in [-0.15, -0.1) is 0 Å². The Morgan fingerprint density at radius 2 is 1.87 bits per heavy atom. The first kappa shape index (κ1) is 13.8. The second-order valence-corrected chi connectivity index (χ2v) is 5.57. The van der Waals surface area contributed by atoms with Crippen LogP contribution in [0.15, 0.2) is 42.9 Å². The number of pyridine rings is 1. The molecule has 114 valence electrons. The normalized spacial score (nSPS) is 11.4. The molecule has 5 nitrogen and oxygen atoms in total. The minimum atomic E-state index is 0.765. The largest absolute Gasteiger partial charge is 0.281 e. The predicted molar refractivity (Wildman–Crippen MR) is 90.3 cm³/mol. The van der Waals surface area contributed by atoms with E-state index in [-0.39, 0.29) is 0 Å². The molecule has 0 atom stereocenters. The van der Waals surface area contributed by atoms with Gasteiger partial charge in [-0.05, 0) is 37.6 Å². The summed E-state index contributed by atoms with van der Waals surface area (Å²) in [5.41, 5.74) is 4.05. The second-order valence-electron chi connectivity index (χ2n) is 5.57. The van der Waals surface area contributed by atoms with Crippen molar-refractivity contribution in [3.63, 3.8) is 0 Å². The number of hydrogen-bond acceptors (Lipinski definition) is 4. The van der Waals surface area contributed by atoms with E-state index in [1.807, 2.05) is 37.5 Å². The number of aryl methyl sites for hydroxylation is 2. The average molecular weight is 303 g/mol. The maximum absolute atomic E-state index is 4.62. The quantitative estimate of drug-likeness (QED) is 0.580. The monoisotopic (exact) mass is 303 g/mol. The molecule has 0 fully saturated rings. The SMILES string of the molecule is CCCc1nccc2c(-c3ccnc(C)n3)c3cccnc3n12. The fraction of sp³-hybridized carbons (Fsp3) is 0.222. The fourth-order valence-corrected chi connectivity index (χ4v) is 3.07. The van der Waals surface area contributed by atoms with E-state index in [2.05, 4.69) is 37.3 Å². The minimum Gasteiger partial charge on any atom is -0.281 e. The van der Waals surface area contributed by atoms with E-state index >= 15 is 0 Å². The third kappa shape index (κ3) is 2.16. The van der Waals surface area contributed by atoms with Crippen molar-refractivity contribution < 1.29 is 0 Å². The first-order chi connectivity index (χ1) is 11.3. The van der Waals surface area contributed by atoms with E-state index in [0.29, 0.717) is 0 Å². The van der Waals surface area contributed by atoms with Crippen LogP contribution in [0.1, 0.15) is 25.0 Å². The molecule has 0 saturated carbocycles. The van der Waals surface area contributed by atoms with Gasteiger partial charge in [-0.1, -0.05) is 6.92 Å². The Labute approximate surface area is 134 Å². The van der Waals surface area contributed by atoms with Crippen molar-refractivity contribution >= 4 is 16.6 Å². The van der Waals surface area contributed by atoms with E-state index in [4.69, 9.17) is 0 Å². The summed E-state index contributed by atoms with van der Waals surface area (Å²) in [5.74, 6) is 1.80. The summed E-state index contributed by atoms with van der Waals surface area (Å²) in [6.45, 7) is 4.07. The number of rotatable bonds is 3. The van der Waals surface area contributed by atoms with E-state index in [1.54, 1.807) is 6.20 Å². The molecule has 4 rings (SSSR count). The molecule has 23 heavy (non-hydrogen) atoms. The number of nitrogens with zero attached hydrogens (tertiary/aromatic N) is 5. The molecule has 0 aromatic carbocycles. The van der Waals surface area contributed by atoms with Gasteiger partial charge in [0.05, 0.1) is 11.2 Å². The molecule has 0 aliphatic carbocycles. The highest BCUT2D eigenvalue weighted by atomic mass is 15.0. The molecule has 0 aliphatic rings. The van der Waals surface area contributed by atoms with Crippen LogP contribution in [0.4, 0.5) is 0 Å². The number of hydrogen-bond donors (Lipinski definition) is 0. The highest BCUT2D eigenvalue weighted by Crippen LogP contribution is 2.33. The smallest absolute Gasteiger partial charge is 0.146 e. The average Bonchev–Trinajstić information content (AvgIpc) is 2.90. The first-order valence-corrected chi connectivity index (χ1v) is 7.82. The van der Waals surface area contributed by atoms with Crippen LogP contribution in [0.5, 0.6) is 0 Å². The summed E-state index contributed by atoms with van der Waals surface area (Å²) in [6, 6.07) is 8.05. The van der Waals surface area contributed by atoms with Crippen LogP contribution in [-0.4, -0.2) is 24.3 Å². The van der Waals surface area contributed by atoms with Crippen LogP contribution in [0.2, 0.25) is 0 Å². The van der Waals surface area contributed by atoms with E-state index in [1.165, 1.54) is 0 Å². The maximum Gasteiger partial charge on any atom is 0.146 e. The van der Waals surface area contributed by atoms with Crippen LogP contribution in [0.25, 0.3) is 27.8 Å². The lowest BCUT2D eigenvalue weighted by Crippen LogP contribution is -2.00. The first-order valence-electron chi connectivity index (χ1n) is 7.82. The molecule has 0 bridgehead atoms. The van der Waals surface area contributed by atoms with Crippen LogP contribution < -0.4 is 0 Å². The van der Waals surface area contributed by atoms with Crippen molar-refractivity contribution in [3.8, 4) is 11.3 Å². The molecule has 4 aromatic rings. The Kier molecular flexibility index (Phi) is 3.26. The third-order valence-electron chi connectivity index (χ3n) is 3.98. The molecule has 5 heteroatoms.